The van der Waals surface area contributed by atoms with Crippen molar-refractivity contribution >= 4 is 11.8 Å². The first-order valence-corrected chi connectivity index (χ1v) is 13.5. The van der Waals surface area contributed by atoms with Crippen molar-refractivity contribution in [2.24, 2.45) is 5.92 Å². The minimum Gasteiger partial charge on any atom is -0.342 e. The first-order chi connectivity index (χ1) is 18.2. The molecule has 3 heterocycles. The second kappa shape index (κ2) is 12.2. The van der Waals surface area contributed by atoms with E-state index in [1.54, 1.807) is 0 Å². The average molecular weight is 497 g/mol. The lowest BCUT2D eigenvalue weighted by molar-refractivity contribution is -0.142. The van der Waals surface area contributed by atoms with Gasteiger partial charge in [-0.2, -0.15) is 0 Å². The molecule has 6 nitrogen and oxygen atoms in total. The third kappa shape index (κ3) is 6.25. The lowest BCUT2D eigenvalue weighted by atomic mass is 9.88. The van der Waals surface area contributed by atoms with Gasteiger partial charge in [-0.25, -0.2) is 0 Å². The molecule has 6 heteroatoms. The molecule has 2 amide bonds. The minimum absolute atomic E-state index is 0.0133. The highest BCUT2D eigenvalue weighted by atomic mass is 16.2. The molecule has 2 aliphatic heterocycles. The number of piperazine rings is 1. The van der Waals surface area contributed by atoms with Crippen molar-refractivity contribution in [1.29, 1.82) is 0 Å². The van der Waals surface area contributed by atoms with Crippen molar-refractivity contribution in [2.75, 3.05) is 45.8 Å². The van der Waals surface area contributed by atoms with E-state index < -0.39 is 0 Å². The van der Waals surface area contributed by atoms with Gasteiger partial charge < -0.3 is 9.80 Å². The predicted octanol–water partition coefficient (Wildman–Crippen LogP) is 3.84. The van der Waals surface area contributed by atoms with Crippen LogP contribution in [0, 0.1) is 5.92 Å². The molecule has 0 N–H and O–H groups in total. The Balaban J connectivity index is 1.13. The molecule has 3 aromatic rings. The number of benzene rings is 2. The van der Waals surface area contributed by atoms with Crippen molar-refractivity contribution in [1.82, 2.24) is 19.7 Å². The summed E-state index contributed by atoms with van der Waals surface area (Å²) >= 11 is 0. The third-order valence-electron chi connectivity index (χ3n) is 7.82. The van der Waals surface area contributed by atoms with E-state index in [4.69, 9.17) is 0 Å². The summed E-state index contributed by atoms with van der Waals surface area (Å²) in [6.07, 6.45) is 6.17. The summed E-state index contributed by atoms with van der Waals surface area (Å²) in [4.78, 5) is 37.5. The van der Waals surface area contributed by atoms with Crippen LogP contribution in [0.1, 0.15) is 35.4 Å². The van der Waals surface area contributed by atoms with Gasteiger partial charge in [0.2, 0.25) is 11.8 Å². The van der Waals surface area contributed by atoms with Crippen LogP contribution in [0.5, 0.6) is 0 Å². The summed E-state index contributed by atoms with van der Waals surface area (Å²) in [7, 11) is 0. The number of carbonyl (C=O) groups excluding carboxylic acids is 2. The molecule has 2 fully saturated rings. The Labute approximate surface area is 219 Å². The number of rotatable bonds is 7. The molecule has 2 aromatic carbocycles. The van der Waals surface area contributed by atoms with Crippen molar-refractivity contribution in [3.8, 4) is 0 Å². The van der Waals surface area contributed by atoms with Crippen molar-refractivity contribution in [2.45, 2.75) is 25.2 Å². The number of carbonyl (C=O) groups is 2. The topological polar surface area (TPSA) is 56.8 Å². The van der Waals surface area contributed by atoms with Gasteiger partial charge in [0.05, 0.1) is 5.92 Å². The number of aromatic nitrogens is 1. The highest BCUT2D eigenvalue weighted by Crippen LogP contribution is 2.29. The Bertz CT molecular complexity index is 1100. The quantitative estimate of drug-likeness (QED) is 0.499. The monoisotopic (exact) mass is 496 g/mol. The van der Waals surface area contributed by atoms with E-state index in [1.165, 1.54) is 5.56 Å². The Hall–Kier alpha value is -3.51. The molecule has 37 heavy (non-hydrogen) atoms. The minimum atomic E-state index is -0.310. The highest BCUT2D eigenvalue weighted by Gasteiger charge is 2.34. The largest absolute Gasteiger partial charge is 0.342 e. The zero-order valence-corrected chi connectivity index (χ0v) is 21.4. The van der Waals surface area contributed by atoms with E-state index in [9.17, 15) is 9.59 Å². The first-order valence-electron chi connectivity index (χ1n) is 13.5. The van der Waals surface area contributed by atoms with Gasteiger partial charge in [-0.3, -0.25) is 19.5 Å². The van der Waals surface area contributed by atoms with Crippen LogP contribution < -0.4 is 0 Å². The van der Waals surface area contributed by atoms with Crippen molar-refractivity contribution < 1.29 is 9.59 Å². The number of hydrogen-bond acceptors (Lipinski definition) is 4. The summed E-state index contributed by atoms with van der Waals surface area (Å²) in [5.74, 6) is 0.101. The lowest BCUT2D eigenvalue weighted by Crippen LogP contribution is -2.52. The van der Waals surface area contributed by atoms with E-state index in [0.717, 1.165) is 63.1 Å². The summed E-state index contributed by atoms with van der Waals surface area (Å²) in [5, 5.41) is 0. The van der Waals surface area contributed by atoms with Crippen LogP contribution in [-0.4, -0.2) is 77.3 Å². The maximum atomic E-state index is 13.7. The zero-order chi connectivity index (χ0) is 25.5. The van der Waals surface area contributed by atoms with Crippen molar-refractivity contribution in [3.05, 3.63) is 102 Å². The van der Waals surface area contributed by atoms with Gasteiger partial charge in [0.25, 0.3) is 0 Å². The molecule has 2 aliphatic rings. The van der Waals surface area contributed by atoms with E-state index in [0.29, 0.717) is 13.1 Å². The van der Waals surface area contributed by atoms with Gasteiger partial charge in [-0.05, 0) is 48.1 Å². The SMILES string of the molecule is O=C(C1CCN(C(=O)C(c2ccccc2)c2ccccc2)CC1)N1CCN(CCc2ccncc2)CC1. The third-order valence-corrected chi connectivity index (χ3v) is 7.82. The maximum Gasteiger partial charge on any atom is 0.234 e. The zero-order valence-electron chi connectivity index (χ0n) is 21.4. The Morgan fingerprint density at radius 2 is 1.30 bits per heavy atom. The van der Waals surface area contributed by atoms with E-state index in [1.807, 2.05) is 82.9 Å². The highest BCUT2D eigenvalue weighted by molar-refractivity contribution is 5.87. The molecule has 0 unspecified atom stereocenters. The lowest BCUT2D eigenvalue weighted by Gasteiger charge is -2.39. The molecule has 5 rings (SSSR count). The number of piperidine rings is 1. The van der Waals surface area contributed by atoms with Crippen LogP contribution in [0.3, 0.4) is 0 Å². The fraction of sp³-hybridized carbons (Fsp3) is 0.387. The number of nitrogens with zero attached hydrogens (tertiary/aromatic N) is 4. The van der Waals surface area contributed by atoms with Crippen LogP contribution in [0.25, 0.3) is 0 Å². The summed E-state index contributed by atoms with van der Waals surface area (Å²) in [6, 6.07) is 24.2. The summed E-state index contributed by atoms with van der Waals surface area (Å²) < 4.78 is 0. The molecule has 1 aromatic heterocycles. The smallest absolute Gasteiger partial charge is 0.234 e. The average Bonchev–Trinajstić information content (AvgIpc) is 2.98. The van der Waals surface area contributed by atoms with Crippen LogP contribution in [-0.2, 0) is 16.0 Å². The molecule has 0 bridgehead atoms. The molecule has 0 saturated carbocycles. The van der Waals surface area contributed by atoms with Crippen LogP contribution in [0.2, 0.25) is 0 Å². The van der Waals surface area contributed by atoms with E-state index in [-0.39, 0.29) is 23.7 Å². The van der Waals surface area contributed by atoms with Gasteiger partial charge in [-0.15, -0.1) is 0 Å². The summed E-state index contributed by atoms with van der Waals surface area (Å²) in [5.41, 5.74) is 3.33. The molecule has 0 atom stereocenters. The predicted molar refractivity (Wildman–Crippen MR) is 145 cm³/mol. The number of hydrogen-bond donors (Lipinski definition) is 0. The normalized spacial score (nSPS) is 17.2. The van der Waals surface area contributed by atoms with Gasteiger partial charge in [0.15, 0.2) is 0 Å². The Morgan fingerprint density at radius 1 is 0.730 bits per heavy atom. The molecule has 192 valence electrons. The van der Waals surface area contributed by atoms with Crippen molar-refractivity contribution in [3.63, 3.8) is 0 Å². The maximum absolute atomic E-state index is 13.7. The number of pyridine rings is 1. The van der Waals surface area contributed by atoms with E-state index in [2.05, 4.69) is 22.0 Å². The fourth-order valence-electron chi connectivity index (χ4n) is 5.58. The van der Waals surface area contributed by atoms with E-state index >= 15 is 0 Å². The first kappa shape index (κ1) is 25.2. The fourth-order valence-corrected chi connectivity index (χ4v) is 5.58. The van der Waals surface area contributed by atoms with Gasteiger partial charge >= 0.3 is 0 Å². The van der Waals surface area contributed by atoms with Crippen LogP contribution in [0.4, 0.5) is 0 Å². The van der Waals surface area contributed by atoms with Crippen LogP contribution >= 0.6 is 0 Å². The Kier molecular flexibility index (Phi) is 8.26. The Morgan fingerprint density at radius 3 is 1.86 bits per heavy atom. The molecule has 0 aliphatic carbocycles. The standard InChI is InChI=1S/C31H36N4O2/c36-30(35-23-21-33(22-24-35)18-13-25-11-16-32-17-12-25)28-14-19-34(20-15-28)31(37)29(26-7-3-1-4-8-26)27-9-5-2-6-10-27/h1-12,16-17,28-29H,13-15,18-24H2. The van der Waals surface area contributed by atoms with Gasteiger partial charge in [0.1, 0.15) is 0 Å². The number of amides is 2. The second-order valence-electron chi connectivity index (χ2n) is 10.1. The molecule has 0 radical (unpaired) electrons. The van der Waals surface area contributed by atoms with Crippen LogP contribution in [0.15, 0.2) is 85.2 Å². The summed E-state index contributed by atoms with van der Waals surface area (Å²) in [6.45, 7) is 5.70. The molecular formula is C31H36N4O2. The molecular weight excluding hydrogens is 460 g/mol. The van der Waals surface area contributed by atoms with Gasteiger partial charge in [0, 0.05) is 64.1 Å². The number of likely N-dealkylation sites (tertiary alicyclic amines) is 1. The van der Waals surface area contributed by atoms with Gasteiger partial charge in [-0.1, -0.05) is 60.7 Å². The molecule has 2 saturated heterocycles. The second-order valence-corrected chi connectivity index (χ2v) is 10.1. The molecule has 0 spiro atoms.